The van der Waals surface area contributed by atoms with Gasteiger partial charge in [-0.2, -0.15) is 0 Å². The van der Waals surface area contributed by atoms with Crippen LogP contribution in [0.1, 0.15) is 18.1 Å². The van der Waals surface area contributed by atoms with Crippen molar-refractivity contribution in [2.75, 3.05) is 0 Å². The first kappa shape index (κ1) is 8.39. The topological polar surface area (TPSA) is 30.7 Å². The standard InChI is InChI=1S/C5H6ClF2N3/c1-11-3(2-6)9-10-5(11)4(7)8/h4H,2H2,1H3. The maximum absolute atomic E-state index is 12.0. The van der Waals surface area contributed by atoms with Crippen molar-refractivity contribution in [3.05, 3.63) is 11.6 Å². The van der Waals surface area contributed by atoms with Crippen LogP contribution in [0.4, 0.5) is 8.78 Å². The van der Waals surface area contributed by atoms with Gasteiger partial charge in [0.05, 0.1) is 5.88 Å². The van der Waals surface area contributed by atoms with Crippen LogP contribution in [-0.4, -0.2) is 14.8 Å². The molecule has 1 aromatic rings. The molecule has 0 saturated carbocycles. The van der Waals surface area contributed by atoms with Gasteiger partial charge in [0, 0.05) is 7.05 Å². The predicted molar refractivity (Wildman–Crippen MR) is 35.5 cm³/mol. The van der Waals surface area contributed by atoms with E-state index in [-0.39, 0.29) is 11.7 Å². The molecule has 0 fully saturated rings. The molecule has 1 rings (SSSR count). The predicted octanol–water partition coefficient (Wildman–Crippen LogP) is 1.49. The summed E-state index contributed by atoms with van der Waals surface area (Å²) in [7, 11) is 1.46. The number of rotatable bonds is 2. The summed E-state index contributed by atoms with van der Waals surface area (Å²) in [5, 5.41) is 6.72. The van der Waals surface area contributed by atoms with Crippen molar-refractivity contribution in [3.8, 4) is 0 Å². The van der Waals surface area contributed by atoms with E-state index in [9.17, 15) is 8.78 Å². The van der Waals surface area contributed by atoms with Crippen LogP contribution in [0.2, 0.25) is 0 Å². The van der Waals surface area contributed by atoms with Gasteiger partial charge >= 0.3 is 0 Å². The monoisotopic (exact) mass is 181 g/mol. The minimum absolute atomic E-state index is 0.0935. The molecule has 0 atom stereocenters. The molecular formula is C5H6ClF2N3. The van der Waals surface area contributed by atoms with E-state index in [0.29, 0.717) is 5.82 Å². The molecule has 0 N–H and O–H groups in total. The van der Waals surface area contributed by atoms with E-state index in [1.54, 1.807) is 0 Å². The van der Waals surface area contributed by atoms with Crippen LogP contribution >= 0.6 is 11.6 Å². The summed E-state index contributed by atoms with van der Waals surface area (Å²) >= 11 is 5.38. The third kappa shape index (κ3) is 1.48. The Labute approximate surface area is 67.0 Å². The molecule has 0 aromatic carbocycles. The average molecular weight is 182 g/mol. The minimum Gasteiger partial charge on any atom is -0.312 e. The van der Waals surface area contributed by atoms with Crippen LogP contribution in [0.15, 0.2) is 0 Å². The Balaban J connectivity index is 3.00. The fourth-order valence-electron chi connectivity index (χ4n) is 0.682. The van der Waals surface area contributed by atoms with Gasteiger partial charge in [-0.3, -0.25) is 0 Å². The highest BCUT2D eigenvalue weighted by atomic mass is 35.5. The quantitative estimate of drug-likeness (QED) is 0.648. The summed E-state index contributed by atoms with van der Waals surface area (Å²) in [5.74, 6) is 0.0959. The fraction of sp³-hybridized carbons (Fsp3) is 0.600. The van der Waals surface area contributed by atoms with Gasteiger partial charge in [0.25, 0.3) is 6.43 Å². The third-order valence-electron chi connectivity index (χ3n) is 1.31. The summed E-state index contributed by atoms with van der Waals surface area (Å²) in [6, 6.07) is 0. The lowest BCUT2D eigenvalue weighted by Gasteiger charge is -1.98. The van der Waals surface area contributed by atoms with Gasteiger partial charge in [0.15, 0.2) is 5.82 Å². The second kappa shape index (κ2) is 3.13. The van der Waals surface area contributed by atoms with Crippen molar-refractivity contribution in [1.82, 2.24) is 14.8 Å². The summed E-state index contributed by atoms with van der Waals surface area (Å²) < 4.78 is 25.2. The summed E-state index contributed by atoms with van der Waals surface area (Å²) in [5.41, 5.74) is 0. The number of halogens is 3. The summed E-state index contributed by atoms with van der Waals surface area (Å²) in [6.45, 7) is 0. The Hall–Kier alpha value is -0.710. The van der Waals surface area contributed by atoms with Crippen LogP contribution in [-0.2, 0) is 12.9 Å². The normalized spacial score (nSPS) is 11.0. The zero-order chi connectivity index (χ0) is 8.43. The first-order valence-corrected chi connectivity index (χ1v) is 3.42. The first-order chi connectivity index (χ1) is 5.16. The van der Waals surface area contributed by atoms with Crippen molar-refractivity contribution in [3.63, 3.8) is 0 Å². The molecule has 11 heavy (non-hydrogen) atoms. The Morgan fingerprint density at radius 1 is 1.55 bits per heavy atom. The lowest BCUT2D eigenvalue weighted by molar-refractivity contribution is 0.136. The molecule has 1 aromatic heterocycles. The molecule has 0 unspecified atom stereocenters. The Morgan fingerprint density at radius 2 is 2.18 bits per heavy atom. The number of aromatic nitrogens is 3. The smallest absolute Gasteiger partial charge is 0.297 e. The number of hydrogen-bond acceptors (Lipinski definition) is 2. The molecule has 0 amide bonds. The van der Waals surface area contributed by atoms with Gasteiger partial charge in [-0.05, 0) is 0 Å². The zero-order valence-corrected chi connectivity index (χ0v) is 6.52. The van der Waals surface area contributed by atoms with E-state index in [0.717, 1.165) is 0 Å². The maximum Gasteiger partial charge on any atom is 0.297 e. The molecule has 62 valence electrons. The second-order valence-corrected chi connectivity index (χ2v) is 2.24. The zero-order valence-electron chi connectivity index (χ0n) is 5.76. The molecule has 0 aliphatic carbocycles. The Bertz CT molecular complexity index is 248. The molecule has 1 heterocycles. The second-order valence-electron chi connectivity index (χ2n) is 1.97. The highest BCUT2D eigenvalue weighted by Gasteiger charge is 2.16. The first-order valence-electron chi connectivity index (χ1n) is 2.89. The molecule has 3 nitrogen and oxygen atoms in total. The van der Waals surface area contributed by atoms with Crippen molar-refractivity contribution < 1.29 is 8.78 Å². The van der Waals surface area contributed by atoms with Crippen molar-refractivity contribution in [1.29, 1.82) is 0 Å². The molecular weight excluding hydrogens is 176 g/mol. The minimum atomic E-state index is -2.59. The van der Waals surface area contributed by atoms with Gasteiger partial charge in [0.1, 0.15) is 5.82 Å². The van der Waals surface area contributed by atoms with Gasteiger partial charge < -0.3 is 4.57 Å². The molecule has 0 aliphatic rings. The van der Waals surface area contributed by atoms with Crippen LogP contribution in [0, 0.1) is 0 Å². The van der Waals surface area contributed by atoms with E-state index in [4.69, 9.17) is 11.6 Å². The molecule has 6 heteroatoms. The molecule has 0 saturated heterocycles. The largest absolute Gasteiger partial charge is 0.312 e. The Kier molecular flexibility index (Phi) is 2.38. The molecule has 0 bridgehead atoms. The lowest BCUT2D eigenvalue weighted by Crippen LogP contribution is -2.00. The maximum atomic E-state index is 12.0. The van der Waals surface area contributed by atoms with Crippen LogP contribution in [0.5, 0.6) is 0 Å². The Morgan fingerprint density at radius 3 is 2.45 bits per heavy atom. The highest BCUT2D eigenvalue weighted by molar-refractivity contribution is 6.16. The summed E-state index contributed by atoms with van der Waals surface area (Å²) in [6.07, 6.45) is -2.59. The van der Waals surface area contributed by atoms with Crippen molar-refractivity contribution >= 4 is 11.6 Å². The van der Waals surface area contributed by atoms with Crippen molar-refractivity contribution in [2.24, 2.45) is 7.05 Å². The van der Waals surface area contributed by atoms with Crippen LogP contribution < -0.4 is 0 Å². The number of hydrogen-bond donors (Lipinski definition) is 0. The lowest BCUT2D eigenvalue weighted by atomic mass is 10.6. The highest BCUT2D eigenvalue weighted by Crippen LogP contribution is 2.16. The summed E-state index contributed by atoms with van der Waals surface area (Å²) in [4.78, 5) is 0. The fourth-order valence-corrected chi connectivity index (χ4v) is 0.914. The van der Waals surface area contributed by atoms with Gasteiger partial charge in [0.2, 0.25) is 0 Å². The van der Waals surface area contributed by atoms with E-state index in [1.165, 1.54) is 11.6 Å². The van der Waals surface area contributed by atoms with E-state index < -0.39 is 6.43 Å². The third-order valence-corrected chi connectivity index (χ3v) is 1.55. The van der Waals surface area contributed by atoms with Crippen LogP contribution in [0.25, 0.3) is 0 Å². The van der Waals surface area contributed by atoms with Crippen molar-refractivity contribution in [2.45, 2.75) is 12.3 Å². The number of alkyl halides is 3. The van der Waals surface area contributed by atoms with Gasteiger partial charge in [-0.1, -0.05) is 0 Å². The molecule has 0 radical (unpaired) electrons. The van der Waals surface area contributed by atoms with Crippen LogP contribution in [0.3, 0.4) is 0 Å². The van der Waals surface area contributed by atoms with E-state index in [2.05, 4.69) is 10.2 Å². The van der Waals surface area contributed by atoms with E-state index >= 15 is 0 Å². The molecule has 0 spiro atoms. The van der Waals surface area contributed by atoms with E-state index in [1.807, 2.05) is 0 Å². The number of nitrogens with zero attached hydrogens (tertiary/aromatic N) is 3. The average Bonchev–Trinajstić information content (AvgIpc) is 2.30. The van der Waals surface area contributed by atoms with Gasteiger partial charge in [-0.15, -0.1) is 21.8 Å². The SMILES string of the molecule is Cn1c(CCl)nnc1C(F)F. The van der Waals surface area contributed by atoms with Gasteiger partial charge in [-0.25, -0.2) is 8.78 Å². The molecule has 0 aliphatic heterocycles.